The number of amides is 1. The minimum atomic E-state index is -0.435. The van der Waals surface area contributed by atoms with Gasteiger partial charge in [-0.1, -0.05) is 12.8 Å². The highest BCUT2D eigenvalue weighted by Crippen LogP contribution is 2.44. The Balaban J connectivity index is 1.66. The fourth-order valence-electron chi connectivity index (χ4n) is 3.28. The SMILES string of the molecule is C[C@H](O)c1ccc(C2(CNC(=O)/C=C/c3ccoc3)CCCC2)s1. The van der Waals surface area contributed by atoms with Gasteiger partial charge in [-0.2, -0.15) is 0 Å². The summed E-state index contributed by atoms with van der Waals surface area (Å²) < 4.78 is 4.98. The van der Waals surface area contributed by atoms with Crippen LogP contribution in [0.1, 0.15) is 54.0 Å². The number of hydrogen-bond acceptors (Lipinski definition) is 4. The molecule has 2 aromatic rings. The molecular weight excluding hydrogens is 322 g/mol. The van der Waals surface area contributed by atoms with Crippen molar-refractivity contribution in [2.75, 3.05) is 6.54 Å². The van der Waals surface area contributed by atoms with Crippen molar-refractivity contribution in [3.8, 4) is 0 Å². The normalized spacial score (nSPS) is 18.1. The molecule has 3 rings (SSSR count). The van der Waals surface area contributed by atoms with Crippen LogP contribution in [0.3, 0.4) is 0 Å². The standard InChI is InChI=1S/C19H23NO3S/c1-14(21)16-5-6-17(24-16)19(9-2-3-10-19)13-20-18(22)7-4-15-8-11-23-12-15/h4-8,11-12,14,21H,2-3,9-10,13H2,1H3,(H,20,22)/b7-4+/t14-/m0/s1. The van der Waals surface area contributed by atoms with Crippen molar-refractivity contribution >= 4 is 23.3 Å². The van der Waals surface area contributed by atoms with Gasteiger partial charge in [-0.3, -0.25) is 4.79 Å². The summed E-state index contributed by atoms with van der Waals surface area (Å²) in [6, 6.07) is 5.93. The van der Waals surface area contributed by atoms with Gasteiger partial charge in [0.2, 0.25) is 5.91 Å². The lowest BCUT2D eigenvalue weighted by atomic mass is 9.84. The first kappa shape index (κ1) is 17.0. The number of carbonyl (C=O) groups excluding carboxylic acids is 1. The first-order chi connectivity index (χ1) is 11.6. The molecule has 2 N–H and O–H groups in total. The molecule has 2 heterocycles. The third kappa shape index (κ3) is 3.79. The van der Waals surface area contributed by atoms with Crippen LogP contribution in [-0.4, -0.2) is 17.6 Å². The number of hydrogen-bond donors (Lipinski definition) is 2. The van der Waals surface area contributed by atoms with E-state index in [-0.39, 0.29) is 11.3 Å². The molecule has 0 spiro atoms. The highest BCUT2D eigenvalue weighted by molar-refractivity contribution is 7.12. The fraction of sp³-hybridized carbons (Fsp3) is 0.421. The monoisotopic (exact) mass is 345 g/mol. The first-order valence-electron chi connectivity index (χ1n) is 8.35. The van der Waals surface area contributed by atoms with Gasteiger partial charge in [0.15, 0.2) is 0 Å². The molecule has 0 aliphatic heterocycles. The topological polar surface area (TPSA) is 62.5 Å². The Labute approximate surface area is 146 Å². The molecule has 1 atom stereocenters. The van der Waals surface area contributed by atoms with Crippen molar-refractivity contribution in [2.45, 2.75) is 44.1 Å². The van der Waals surface area contributed by atoms with Crippen molar-refractivity contribution in [1.82, 2.24) is 5.32 Å². The molecule has 1 fully saturated rings. The summed E-state index contributed by atoms with van der Waals surface area (Å²) in [5, 5.41) is 12.8. The largest absolute Gasteiger partial charge is 0.472 e. The first-order valence-corrected chi connectivity index (χ1v) is 9.17. The zero-order chi connectivity index (χ0) is 17.0. The molecule has 0 radical (unpaired) electrons. The van der Waals surface area contributed by atoms with Gasteiger partial charge < -0.3 is 14.8 Å². The van der Waals surface area contributed by atoms with Crippen LogP contribution in [0.4, 0.5) is 0 Å². The predicted molar refractivity (Wildman–Crippen MR) is 95.9 cm³/mol. The average Bonchev–Trinajstić information content (AvgIpc) is 3.32. The van der Waals surface area contributed by atoms with E-state index in [0.717, 1.165) is 23.3 Å². The zero-order valence-electron chi connectivity index (χ0n) is 13.8. The molecule has 0 saturated heterocycles. The van der Waals surface area contributed by atoms with E-state index in [1.807, 2.05) is 12.1 Å². The minimum absolute atomic E-state index is 0.0109. The lowest BCUT2D eigenvalue weighted by Gasteiger charge is -2.28. The highest BCUT2D eigenvalue weighted by atomic mass is 32.1. The fourth-order valence-corrected chi connectivity index (χ4v) is 4.47. The number of rotatable bonds is 6. The third-order valence-corrected chi connectivity index (χ3v) is 6.20. The van der Waals surface area contributed by atoms with E-state index in [1.54, 1.807) is 42.9 Å². The summed E-state index contributed by atoms with van der Waals surface area (Å²) in [4.78, 5) is 14.4. The second-order valence-electron chi connectivity index (χ2n) is 6.47. The molecule has 4 nitrogen and oxygen atoms in total. The van der Waals surface area contributed by atoms with Crippen LogP contribution in [0.5, 0.6) is 0 Å². The van der Waals surface area contributed by atoms with Crippen molar-refractivity contribution in [3.63, 3.8) is 0 Å². The van der Waals surface area contributed by atoms with Gasteiger partial charge in [0.1, 0.15) is 0 Å². The number of thiophene rings is 1. The van der Waals surface area contributed by atoms with E-state index >= 15 is 0 Å². The van der Waals surface area contributed by atoms with Gasteiger partial charge in [-0.25, -0.2) is 0 Å². The molecule has 24 heavy (non-hydrogen) atoms. The van der Waals surface area contributed by atoms with E-state index in [0.29, 0.717) is 6.54 Å². The molecule has 1 aliphatic rings. The second-order valence-corrected chi connectivity index (χ2v) is 7.59. The number of aliphatic hydroxyl groups excluding tert-OH is 1. The molecule has 128 valence electrons. The maximum absolute atomic E-state index is 12.1. The van der Waals surface area contributed by atoms with Crippen molar-refractivity contribution < 1.29 is 14.3 Å². The van der Waals surface area contributed by atoms with Crippen LogP contribution in [-0.2, 0) is 10.2 Å². The Morgan fingerprint density at radius 1 is 1.42 bits per heavy atom. The van der Waals surface area contributed by atoms with Crippen molar-refractivity contribution in [3.05, 3.63) is 52.1 Å². The highest BCUT2D eigenvalue weighted by Gasteiger charge is 2.37. The quantitative estimate of drug-likeness (QED) is 0.777. The predicted octanol–water partition coefficient (Wildman–Crippen LogP) is 4.04. The molecule has 0 aromatic carbocycles. The zero-order valence-corrected chi connectivity index (χ0v) is 14.6. The summed E-state index contributed by atoms with van der Waals surface area (Å²) in [5.74, 6) is -0.0882. The Bertz CT molecular complexity index is 694. The number of furan rings is 1. The van der Waals surface area contributed by atoms with Gasteiger partial charge in [-0.05, 0) is 44.0 Å². The molecule has 0 unspecified atom stereocenters. The van der Waals surface area contributed by atoms with Gasteiger partial charge in [0.25, 0.3) is 0 Å². The Hall–Kier alpha value is -1.85. The molecule has 0 bridgehead atoms. The van der Waals surface area contributed by atoms with Crippen LogP contribution in [0.15, 0.2) is 41.2 Å². The smallest absolute Gasteiger partial charge is 0.244 e. The molecule has 1 aliphatic carbocycles. The van der Waals surface area contributed by atoms with Gasteiger partial charge >= 0.3 is 0 Å². The maximum Gasteiger partial charge on any atom is 0.244 e. The summed E-state index contributed by atoms with van der Waals surface area (Å²) >= 11 is 1.67. The van der Waals surface area contributed by atoms with Gasteiger partial charge in [0, 0.05) is 33.4 Å². The van der Waals surface area contributed by atoms with Crippen molar-refractivity contribution in [2.24, 2.45) is 0 Å². The summed E-state index contributed by atoms with van der Waals surface area (Å²) in [5.41, 5.74) is 0.886. The number of nitrogens with one attached hydrogen (secondary N) is 1. The van der Waals surface area contributed by atoms with E-state index in [9.17, 15) is 9.90 Å². The molecule has 1 saturated carbocycles. The molecule has 5 heteroatoms. The van der Waals surface area contributed by atoms with Crippen LogP contribution >= 0.6 is 11.3 Å². The summed E-state index contributed by atoms with van der Waals surface area (Å²) in [7, 11) is 0. The van der Waals surface area contributed by atoms with E-state index < -0.39 is 6.10 Å². The van der Waals surface area contributed by atoms with E-state index in [1.165, 1.54) is 17.7 Å². The molecule has 2 aromatic heterocycles. The van der Waals surface area contributed by atoms with E-state index in [2.05, 4.69) is 11.4 Å². The van der Waals surface area contributed by atoms with E-state index in [4.69, 9.17) is 4.42 Å². The minimum Gasteiger partial charge on any atom is -0.472 e. The van der Waals surface area contributed by atoms with Crippen molar-refractivity contribution in [1.29, 1.82) is 0 Å². The van der Waals surface area contributed by atoms with Gasteiger partial charge in [0.05, 0.1) is 18.6 Å². The lowest BCUT2D eigenvalue weighted by Crippen LogP contribution is -2.37. The van der Waals surface area contributed by atoms with Crippen LogP contribution in [0.25, 0.3) is 6.08 Å². The second kappa shape index (κ2) is 7.36. The Morgan fingerprint density at radius 3 is 2.83 bits per heavy atom. The Morgan fingerprint density at radius 2 is 2.21 bits per heavy atom. The molecule has 1 amide bonds. The Kier molecular flexibility index (Phi) is 5.21. The summed E-state index contributed by atoms with van der Waals surface area (Å²) in [6.45, 7) is 2.43. The average molecular weight is 345 g/mol. The number of carbonyl (C=O) groups is 1. The third-order valence-electron chi connectivity index (χ3n) is 4.69. The lowest BCUT2D eigenvalue weighted by molar-refractivity contribution is -0.116. The maximum atomic E-state index is 12.1. The number of aliphatic hydroxyl groups is 1. The van der Waals surface area contributed by atoms with Crippen LogP contribution in [0.2, 0.25) is 0 Å². The summed E-state index contributed by atoms with van der Waals surface area (Å²) in [6.07, 6.45) is 10.6. The van der Waals surface area contributed by atoms with Crippen LogP contribution < -0.4 is 5.32 Å². The molecular formula is C19H23NO3S. The van der Waals surface area contributed by atoms with Crippen LogP contribution in [0, 0.1) is 0 Å². The van der Waals surface area contributed by atoms with Gasteiger partial charge in [-0.15, -0.1) is 11.3 Å².